The zero-order valence-corrected chi connectivity index (χ0v) is 7.64. The van der Waals surface area contributed by atoms with Crippen LogP contribution in [0.15, 0.2) is 24.3 Å². The van der Waals surface area contributed by atoms with Gasteiger partial charge in [0.15, 0.2) is 0 Å². The van der Waals surface area contributed by atoms with Crippen LogP contribution in [0.2, 0.25) is 0 Å². The van der Waals surface area contributed by atoms with Crippen molar-refractivity contribution in [1.82, 2.24) is 0 Å². The van der Waals surface area contributed by atoms with Crippen molar-refractivity contribution >= 4 is 17.3 Å². The molecular formula is C8H7ClF3NO. The summed E-state index contributed by atoms with van der Waals surface area (Å²) in [5, 5.41) is 0. The molecule has 0 heterocycles. The van der Waals surface area contributed by atoms with Crippen LogP contribution in [0, 0.1) is 0 Å². The molecule has 6 heteroatoms. The van der Waals surface area contributed by atoms with E-state index in [-0.39, 0.29) is 5.75 Å². The molecule has 0 unspecified atom stereocenters. The molecule has 0 radical (unpaired) electrons. The number of halogens is 4. The lowest BCUT2D eigenvalue weighted by Gasteiger charge is -2.17. The number of nitrogens with two attached hydrogens (primary N) is 1. The Morgan fingerprint density at radius 1 is 1.29 bits per heavy atom. The second kappa shape index (κ2) is 3.96. The minimum Gasteiger partial charge on any atom is -0.429 e. The Labute approximate surface area is 83.4 Å². The first-order chi connectivity index (χ1) is 6.42. The minimum absolute atomic E-state index is 0.201. The van der Waals surface area contributed by atoms with Gasteiger partial charge in [0, 0.05) is 5.69 Å². The quantitative estimate of drug-likeness (QED) is 0.634. The van der Waals surface area contributed by atoms with Crippen LogP contribution >= 0.6 is 11.6 Å². The maximum Gasteiger partial charge on any atom is 0.444 e. The molecule has 1 atom stereocenters. The van der Waals surface area contributed by atoms with Crippen LogP contribution in [-0.4, -0.2) is 11.7 Å². The smallest absolute Gasteiger partial charge is 0.429 e. The van der Waals surface area contributed by atoms with Crippen molar-refractivity contribution in [3.8, 4) is 5.75 Å². The predicted molar refractivity (Wildman–Crippen MR) is 47.2 cm³/mol. The number of alkyl halides is 4. The molecule has 0 fully saturated rings. The van der Waals surface area contributed by atoms with Crippen molar-refractivity contribution in [1.29, 1.82) is 0 Å². The highest BCUT2D eigenvalue weighted by molar-refractivity contribution is 6.20. The molecule has 1 aromatic rings. The fraction of sp³-hybridized carbons (Fsp3) is 0.250. The van der Waals surface area contributed by atoms with E-state index in [4.69, 9.17) is 5.73 Å². The molecule has 0 bridgehead atoms. The second-order valence-electron chi connectivity index (χ2n) is 2.53. The second-order valence-corrected chi connectivity index (χ2v) is 2.92. The predicted octanol–water partition coefficient (Wildman–Crippen LogP) is 2.77. The number of hydrogen-bond acceptors (Lipinski definition) is 2. The largest absolute Gasteiger partial charge is 0.444 e. The summed E-state index contributed by atoms with van der Waals surface area (Å²) in [6.07, 6.45) is -4.04. The molecule has 0 aromatic heterocycles. The zero-order chi connectivity index (χ0) is 10.8. The van der Waals surface area contributed by atoms with E-state index in [0.717, 1.165) is 0 Å². The van der Waals surface area contributed by atoms with Gasteiger partial charge >= 0.3 is 6.11 Å². The van der Waals surface area contributed by atoms with Crippen LogP contribution in [0.1, 0.15) is 0 Å². The van der Waals surface area contributed by atoms with Crippen LogP contribution in [0.3, 0.4) is 0 Å². The third-order valence-corrected chi connectivity index (χ3v) is 1.64. The van der Waals surface area contributed by atoms with Gasteiger partial charge < -0.3 is 10.5 Å². The van der Waals surface area contributed by atoms with E-state index in [9.17, 15) is 13.2 Å². The summed E-state index contributed by atoms with van der Waals surface area (Å²) in [7, 11) is 0. The minimum atomic E-state index is -4.04. The van der Waals surface area contributed by atoms with Crippen LogP contribution < -0.4 is 10.5 Å². The molecule has 78 valence electrons. The molecule has 2 nitrogen and oxygen atoms in total. The average Bonchev–Trinajstić information content (AvgIpc) is 2.08. The van der Waals surface area contributed by atoms with Gasteiger partial charge in [-0.3, -0.25) is 0 Å². The molecule has 14 heavy (non-hydrogen) atoms. The van der Waals surface area contributed by atoms with Crippen molar-refractivity contribution in [3.63, 3.8) is 0 Å². The number of rotatable bonds is 3. The van der Waals surface area contributed by atoms with Gasteiger partial charge in [-0.15, -0.1) is 0 Å². The lowest BCUT2D eigenvalue weighted by Crippen LogP contribution is -2.32. The van der Waals surface area contributed by atoms with E-state index in [1.54, 1.807) is 0 Å². The average molecular weight is 226 g/mol. The van der Waals surface area contributed by atoms with Gasteiger partial charge in [0.25, 0.3) is 5.63 Å². The summed E-state index contributed by atoms with van der Waals surface area (Å²) in [5.41, 5.74) is 2.81. The first-order valence-electron chi connectivity index (χ1n) is 3.62. The van der Waals surface area contributed by atoms with Crippen molar-refractivity contribution < 1.29 is 17.9 Å². The van der Waals surface area contributed by atoms with E-state index in [1.165, 1.54) is 24.3 Å². The van der Waals surface area contributed by atoms with Gasteiger partial charge in [0.1, 0.15) is 5.75 Å². The third-order valence-electron chi connectivity index (χ3n) is 1.39. The zero-order valence-electron chi connectivity index (χ0n) is 6.88. The fourth-order valence-corrected chi connectivity index (χ4v) is 0.782. The highest BCUT2D eigenvalue weighted by atomic mass is 35.5. The maximum atomic E-state index is 12.6. The van der Waals surface area contributed by atoms with Crippen molar-refractivity contribution in [2.45, 2.75) is 11.7 Å². The third kappa shape index (κ3) is 2.70. The molecule has 0 aliphatic heterocycles. The Morgan fingerprint density at radius 2 is 1.79 bits per heavy atom. The van der Waals surface area contributed by atoms with Crippen LogP contribution in [0.4, 0.5) is 18.9 Å². The highest BCUT2D eigenvalue weighted by Gasteiger charge is 2.41. The summed E-state index contributed by atoms with van der Waals surface area (Å²) >= 11 is 4.58. The first-order valence-corrected chi connectivity index (χ1v) is 4.06. The van der Waals surface area contributed by atoms with Crippen LogP contribution in [0.25, 0.3) is 0 Å². The molecule has 0 spiro atoms. The molecule has 0 saturated heterocycles. The Morgan fingerprint density at radius 3 is 2.21 bits per heavy atom. The molecule has 0 saturated carbocycles. The Bertz CT molecular complexity index is 302. The first kappa shape index (κ1) is 11.0. The summed E-state index contributed by atoms with van der Waals surface area (Å²) < 4.78 is 41.3. The highest BCUT2D eigenvalue weighted by Crippen LogP contribution is 2.28. The van der Waals surface area contributed by atoms with E-state index < -0.39 is 11.7 Å². The van der Waals surface area contributed by atoms with Crippen LogP contribution in [-0.2, 0) is 0 Å². The van der Waals surface area contributed by atoms with Gasteiger partial charge in [-0.1, -0.05) is 11.6 Å². The van der Waals surface area contributed by atoms with E-state index >= 15 is 0 Å². The lowest BCUT2D eigenvalue weighted by atomic mass is 10.3. The molecular weight excluding hydrogens is 219 g/mol. The Kier molecular flexibility index (Phi) is 3.10. The molecule has 2 N–H and O–H groups in total. The summed E-state index contributed by atoms with van der Waals surface area (Å²) in [4.78, 5) is 0. The maximum absolute atomic E-state index is 12.6. The number of nitrogen functional groups attached to an aromatic ring is 1. The van der Waals surface area contributed by atoms with Gasteiger partial charge in [0.2, 0.25) is 0 Å². The van der Waals surface area contributed by atoms with Gasteiger partial charge in [-0.2, -0.15) is 8.78 Å². The van der Waals surface area contributed by atoms with Gasteiger partial charge in [-0.25, -0.2) is 4.39 Å². The van der Waals surface area contributed by atoms with Crippen molar-refractivity contribution in [2.75, 3.05) is 5.73 Å². The number of anilines is 1. The van der Waals surface area contributed by atoms with E-state index in [1.807, 2.05) is 0 Å². The Hall–Kier alpha value is -1.10. The Balaban J connectivity index is 2.74. The molecule has 1 rings (SSSR count). The summed E-state index contributed by atoms with van der Waals surface area (Å²) in [5.74, 6) is -0.201. The summed E-state index contributed by atoms with van der Waals surface area (Å²) in [6.45, 7) is 0. The standard InChI is InChI=1S/C8H7ClF3NO/c9-7(10)8(11,12)14-6-3-1-5(13)2-4-6/h1-4,7H,13H2/t7-/m0/s1. The normalized spacial score (nSPS) is 13.7. The number of hydrogen-bond donors (Lipinski definition) is 1. The van der Waals surface area contributed by atoms with Crippen molar-refractivity contribution in [3.05, 3.63) is 24.3 Å². The topological polar surface area (TPSA) is 35.2 Å². The van der Waals surface area contributed by atoms with Gasteiger partial charge in [-0.05, 0) is 24.3 Å². The van der Waals surface area contributed by atoms with E-state index in [2.05, 4.69) is 16.3 Å². The molecule has 0 aliphatic rings. The monoisotopic (exact) mass is 225 g/mol. The summed E-state index contributed by atoms with van der Waals surface area (Å²) in [6, 6.07) is 5.10. The fourth-order valence-electron chi connectivity index (χ4n) is 0.738. The van der Waals surface area contributed by atoms with Crippen molar-refractivity contribution in [2.24, 2.45) is 0 Å². The van der Waals surface area contributed by atoms with E-state index in [0.29, 0.717) is 5.69 Å². The molecule has 1 aromatic carbocycles. The van der Waals surface area contributed by atoms with Crippen LogP contribution in [0.5, 0.6) is 5.75 Å². The lowest BCUT2D eigenvalue weighted by molar-refractivity contribution is -0.199. The molecule has 0 aliphatic carbocycles. The number of benzene rings is 1. The number of ether oxygens (including phenoxy) is 1. The van der Waals surface area contributed by atoms with Gasteiger partial charge in [0.05, 0.1) is 0 Å². The molecule has 0 amide bonds. The SMILES string of the molecule is Nc1ccc(OC(F)(F)[C@H](F)Cl)cc1.